The summed E-state index contributed by atoms with van der Waals surface area (Å²) in [7, 11) is 0. The van der Waals surface area contributed by atoms with Crippen molar-refractivity contribution >= 4 is 43.6 Å². The third-order valence-corrected chi connectivity index (χ3v) is 7.36. The van der Waals surface area contributed by atoms with E-state index in [0.29, 0.717) is 5.82 Å². The van der Waals surface area contributed by atoms with Crippen molar-refractivity contribution in [2.45, 2.75) is 0 Å². The molecule has 0 aliphatic heterocycles. The molecule has 5 aromatic carbocycles. The number of nitrogens with one attached hydrogen (secondary N) is 1. The third kappa shape index (κ3) is 3.10. The molecule has 0 saturated carbocycles. The van der Waals surface area contributed by atoms with E-state index in [4.69, 9.17) is 9.97 Å². The maximum Gasteiger partial charge on any atom is 0.177 e. The standard InChI is InChI=1S/C34H22N4/c1-3-11-22(12-4-1)32-26-16-8-10-18-29(26)36-34(37-32)31-21-27-30(38(31)23-13-5-2-6-14-23)20-19-25-24-15-7-9-17-28(24)35-33(25)27/h1-21,35H. The van der Waals surface area contributed by atoms with Crippen molar-refractivity contribution in [2.24, 2.45) is 0 Å². The van der Waals surface area contributed by atoms with E-state index in [0.717, 1.165) is 55.5 Å². The van der Waals surface area contributed by atoms with Crippen molar-refractivity contribution in [3.05, 3.63) is 127 Å². The molecule has 178 valence electrons. The van der Waals surface area contributed by atoms with Crippen LogP contribution in [-0.4, -0.2) is 19.5 Å². The van der Waals surface area contributed by atoms with E-state index in [1.54, 1.807) is 0 Å². The molecule has 0 aliphatic rings. The molecule has 0 unspecified atom stereocenters. The number of hydrogen-bond acceptors (Lipinski definition) is 2. The molecule has 0 amide bonds. The number of fused-ring (bicyclic) bond motifs is 6. The second-order valence-corrected chi connectivity index (χ2v) is 9.57. The summed E-state index contributed by atoms with van der Waals surface area (Å²) in [5.41, 5.74) is 8.35. The highest BCUT2D eigenvalue weighted by Crippen LogP contribution is 2.38. The Morgan fingerprint density at radius 2 is 1.26 bits per heavy atom. The maximum absolute atomic E-state index is 5.20. The molecule has 0 bridgehead atoms. The van der Waals surface area contributed by atoms with Crippen molar-refractivity contribution in [3.8, 4) is 28.5 Å². The summed E-state index contributed by atoms with van der Waals surface area (Å²) in [6, 6.07) is 44.2. The van der Waals surface area contributed by atoms with E-state index in [2.05, 4.69) is 113 Å². The van der Waals surface area contributed by atoms with Gasteiger partial charge < -0.3 is 9.55 Å². The van der Waals surface area contributed by atoms with Gasteiger partial charge in [-0.2, -0.15) is 0 Å². The van der Waals surface area contributed by atoms with Crippen molar-refractivity contribution in [1.82, 2.24) is 19.5 Å². The fourth-order valence-corrected chi connectivity index (χ4v) is 5.63. The minimum absolute atomic E-state index is 0.701. The molecule has 38 heavy (non-hydrogen) atoms. The number of para-hydroxylation sites is 3. The smallest absolute Gasteiger partial charge is 0.177 e. The van der Waals surface area contributed by atoms with Crippen LogP contribution in [0.1, 0.15) is 0 Å². The second kappa shape index (κ2) is 8.15. The fraction of sp³-hybridized carbons (Fsp3) is 0. The van der Waals surface area contributed by atoms with Gasteiger partial charge >= 0.3 is 0 Å². The minimum Gasteiger partial charge on any atom is -0.354 e. The van der Waals surface area contributed by atoms with Crippen LogP contribution in [0.5, 0.6) is 0 Å². The number of hydrogen-bond donors (Lipinski definition) is 1. The molecular formula is C34H22N4. The number of nitrogens with zero attached hydrogens (tertiary/aromatic N) is 3. The lowest BCUT2D eigenvalue weighted by Gasteiger charge is -2.13. The van der Waals surface area contributed by atoms with Gasteiger partial charge in [0.15, 0.2) is 5.82 Å². The zero-order valence-electron chi connectivity index (χ0n) is 20.5. The molecule has 0 atom stereocenters. The van der Waals surface area contributed by atoms with Gasteiger partial charge in [-0.25, -0.2) is 9.97 Å². The second-order valence-electron chi connectivity index (χ2n) is 9.57. The number of aromatic amines is 1. The number of benzene rings is 5. The molecule has 8 rings (SSSR count). The minimum atomic E-state index is 0.701. The highest BCUT2D eigenvalue weighted by atomic mass is 15.0. The number of aromatic nitrogens is 4. The van der Waals surface area contributed by atoms with Gasteiger partial charge in [-0.05, 0) is 36.4 Å². The first kappa shape index (κ1) is 20.9. The molecule has 0 saturated heterocycles. The maximum atomic E-state index is 5.20. The predicted octanol–water partition coefficient (Wildman–Crippen LogP) is 8.54. The summed E-state index contributed by atoms with van der Waals surface area (Å²) in [5.74, 6) is 0.701. The van der Waals surface area contributed by atoms with Gasteiger partial charge in [0.25, 0.3) is 0 Å². The Kier molecular flexibility index (Phi) is 4.49. The van der Waals surface area contributed by atoms with Crippen molar-refractivity contribution < 1.29 is 0 Å². The normalized spacial score (nSPS) is 11.7. The zero-order valence-corrected chi connectivity index (χ0v) is 20.5. The summed E-state index contributed by atoms with van der Waals surface area (Å²) in [4.78, 5) is 14.0. The van der Waals surface area contributed by atoms with Gasteiger partial charge in [0.05, 0.1) is 27.9 Å². The molecule has 4 nitrogen and oxygen atoms in total. The average molecular weight is 487 g/mol. The molecule has 3 aromatic heterocycles. The SMILES string of the molecule is c1ccc(-c2nc(-c3cc4c5[nH]c6ccccc6c5ccc4n3-c3ccccc3)nc3ccccc23)cc1. The Morgan fingerprint density at radius 1 is 0.553 bits per heavy atom. The molecule has 0 spiro atoms. The zero-order chi connectivity index (χ0) is 25.1. The van der Waals surface area contributed by atoms with Crippen LogP contribution in [0, 0.1) is 0 Å². The van der Waals surface area contributed by atoms with Gasteiger partial charge in [-0.15, -0.1) is 0 Å². The van der Waals surface area contributed by atoms with Crippen molar-refractivity contribution in [1.29, 1.82) is 0 Å². The lowest BCUT2D eigenvalue weighted by atomic mass is 10.1. The average Bonchev–Trinajstić information content (AvgIpc) is 3.56. The summed E-state index contributed by atoms with van der Waals surface area (Å²) < 4.78 is 2.28. The lowest BCUT2D eigenvalue weighted by molar-refractivity contribution is 1.09. The predicted molar refractivity (Wildman–Crippen MR) is 157 cm³/mol. The Balaban J connectivity index is 1.49. The molecule has 1 N–H and O–H groups in total. The Morgan fingerprint density at radius 3 is 2.11 bits per heavy atom. The van der Waals surface area contributed by atoms with Gasteiger partial charge in [0, 0.05) is 38.3 Å². The lowest BCUT2D eigenvalue weighted by Crippen LogP contribution is -2.01. The monoisotopic (exact) mass is 486 g/mol. The van der Waals surface area contributed by atoms with E-state index < -0.39 is 0 Å². The van der Waals surface area contributed by atoms with E-state index in [1.807, 2.05) is 24.3 Å². The molecular weight excluding hydrogens is 464 g/mol. The first-order chi connectivity index (χ1) is 18.8. The molecule has 4 heteroatoms. The van der Waals surface area contributed by atoms with Crippen LogP contribution >= 0.6 is 0 Å². The van der Waals surface area contributed by atoms with Gasteiger partial charge in [0.1, 0.15) is 0 Å². The van der Waals surface area contributed by atoms with Gasteiger partial charge in [-0.3, -0.25) is 0 Å². The first-order valence-electron chi connectivity index (χ1n) is 12.8. The van der Waals surface area contributed by atoms with E-state index in [9.17, 15) is 0 Å². The van der Waals surface area contributed by atoms with E-state index >= 15 is 0 Å². The Bertz CT molecular complexity index is 2120. The highest BCUT2D eigenvalue weighted by Gasteiger charge is 2.20. The van der Waals surface area contributed by atoms with Crippen LogP contribution in [-0.2, 0) is 0 Å². The van der Waals surface area contributed by atoms with Crippen LogP contribution in [0.4, 0.5) is 0 Å². The molecule has 0 fully saturated rings. The summed E-state index contributed by atoms with van der Waals surface area (Å²) in [6.07, 6.45) is 0. The Hall–Kier alpha value is -5.22. The third-order valence-electron chi connectivity index (χ3n) is 7.36. The highest BCUT2D eigenvalue weighted by molar-refractivity contribution is 6.17. The quantitative estimate of drug-likeness (QED) is 0.272. The molecule has 3 heterocycles. The van der Waals surface area contributed by atoms with Crippen LogP contribution in [0.3, 0.4) is 0 Å². The summed E-state index contributed by atoms with van der Waals surface area (Å²) >= 11 is 0. The van der Waals surface area contributed by atoms with Crippen LogP contribution < -0.4 is 0 Å². The molecule has 0 aliphatic carbocycles. The number of H-pyrrole nitrogens is 1. The van der Waals surface area contributed by atoms with Crippen LogP contribution in [0.25, 0.3) is 72.1 Å². The van der Waals surface area contributed by atoms with Gasteiger partial charge in [0.2, 0.25) is 0 Å². The van der Waals surface area contributed by atoms with Crippen LogP contribution in [0.2, 0.25) is 0 Å². The Labute approximate surface area is 218 Å². The van der Waals surface area contributed by atoms with Crippen LogP contribution in [0.15, 0.2) is 127 Å². The summed E-state index contributed by atoms with van der Waals surface area (Å²) in [5, 5.41) is 4.64. The van der Waals surface area contributed by atoms with E-state index in [-0.39, 0.29) is 0 Å². The largest absolute Gasteiger partial charge is 0.354 e. The topological polar surface area (TPSA) is 46.5 Å². The molecule has 0 radical (unpaired) electrons. The van der Waals surface area contributed by atoms with Crippen molar-refractivity contribution in [2.75, 3.05) is 0 Å². The summed E-state index contributed by atoms with van der Waals surface area (Å²) in [6.45, 7) is 0. The van der Waals surface area contributed by atoms with E-state index in [1.165, 1.54) is 10.8 Å². The molecule has 8 aromatic rings. The van der Waals surface area contributed by atoms with Crippen molar-refractivity contribution in [3.63, 3.8) is 0 Å². The first-order valence-corrected chi connectivity index (χ1v) is 12.8. The fourth-order valence-electron chi connectivity index (χ4n) is 5.63. The number of rotatable bonds is 3. The van der Waals surface area contributed by atoms with Gasteiger partial charge in [-0.1, -0.05) is 91.0 Å².